The number of rotatable bonds is 4. The highest BCUT2D eigenvalue weighted by molar-refractivity contribution is 14.0. The molecule has 1 aromatic carbocycles. The van der Waals surface area contributed by atoms with E-state index in [1.54, 1.807) is 19.2 Å². The zero-order valence-electron chi connectivity index (χ0n) is 14.8. The Labute approximate surface area is 166 Å². The SMILES string of the molecule is CN=C(NCC(C)Oc1cccc(F)c1)N1CCC2(CCOC2)C1.I. The van der Waals surface area contributed by atoms with Gasteiger partial charge in [-0.05, 0) is 31.9 Å². The van der Waals surface area contributed by atoms with Crippen molar-refractivity contribution in [3.8, 4) is 5.75 Å². The smallest absolute Gasteiger partial charge is 0.193 e. The molecule has 5 nitrogen and oxygen atoms in total. The molecular weight excluding hydrogens is 436 g/mol. The standard InChI is InChI=1S/C18H26FN3O2.HI/c1-14(24-16-5-3-4-15(19)10-16)11-21-17(20-2)22-8-6-18(12-22)7-9-23-13-18;/h3-5,10,14H,6-9,11-13H2,1-2H3,(H,20,21);1H. The summed E-state index contributed by atoms with van der Waals surface area (Å²) in [5.41, 5.74) is 0.307. The molecule has 7 heteroatoms. The van der Waals surface area contributed by atoms with Crippen molar-refractivity contribution in [3.05, 3.63) is 30.1 Å². The van der Waals surface area contributed by atoms with Crippen LogP contribution in [-0.2, 0) is 4.74 Å². The van der Waals surface area contributed by atoms with Gasteiger partial charge in [0.05, 0.1) is 13.2 Å². The van der Waals surface area contributed by atoms with Gasteiger partial charge in [0.1, 0.15) is 17.7 Å². The molecule has 0 aliphatic carbocycles. The Morgan fingerprint density at radius 1 is 1.48 bits per heavy atom. The third-order valence-corrected chi connectivity index (χ3v) is 4.82. The van der Waals surface area contributed by atoms with Gasteiger partial charge in [-0.25, -0.2) is 4.39 Å². The van der Waals surface area contributed by atoms with Crippen molar-refractivity contribution >= 4 is 29.9 Å². The van der Waals surface area contributed by atoms with Crippen LogP contribution in [0.25, 0.3) is 0 Å². The van der Waals surface area contributed by atoms with Gasteiger partial charge >= 0.3 is 0 Å². The first-order chi connectivity index (χ1) is 11.6. The molecule has 1 spiro atoms. The molecule has 2 fully saturated rings. The summed E-state index contributed by atoms with van der Waals surface area (Å²) in [6, 6.07) is 6.22. The summed E-state index contributed by atoms with van der Waals surface area (Å²) in [6.45, 7) is 6.30. The second-order valence-corrected chi connectivity index (χ2v) is 6.79. The van der Waals surface area contributed by atoms with Crippen LogP contribution in [-0.4, -0.2) is 56.9 Å². The van der Waals surface area contributed by atoms with Crippen molar-refractivity contribution in [2.24, 2.45) is 10.4 Å². The monoisotopic (exact) mass is 463 g/mol. The quantitative estimate of drug-likeness (QED) is 0.424. The van der Waals surface area contributed by atoms with Gasteiger partial charge in [-0.2, -0.15) is 0 Å². The maximum absolute atomic E-state index is 13.2. The molecule has 140 valence electrons. The van der Waals surface area contributed by atoms with E-state index in [2.05, 4.69) is 15.2 Å². The van der Waals surface area contributed by atoms with Crippen LogP contribution in [0.3, 0.4) is 0 Å². The average molecular weight is 463 g/mol. The molecule has 0 saturated carbocycles. The molecule has 0 aromatic heterocycles. The van der Waals surface area contributed by atoms with Crippen molar-refractivity contribution in [1.29, 1.82) is 0 Å². The van der Waals surface area contributed by atoms with E-state index in [9.17, 15) is 4.39 Å². The van der Waals surface area contributed by atoms with Crippen LogP contribution in [0.4, 0.5) is 4.39 Å². The van der Waals surface area contributed by atoms with E-state index < -0.39 is 0 Å². The molecule has 0 bridgehead atoms. The van der Waals surface area contributed by atoms with Crippen LogP contribution in [0, 0.1) is 11.2 Å². The first-order valence-electron chi connectivity index (χ1n) is 8.56. The number of hydrogen-bond acceptors (Lipinski definition) is 3. The molecule has 1 aromatic rings. The predicted octanol–water partition coefficient (Wildman–Crippen LogP) is 2.90. The number of guanidine groups is 1. The van der Waals surface area contributed by atoms with E-state index in [1.807, 2.05) is 6.92 Å². The summed E-state index contributed by atoms with van der Waals surface area (Å²) in [7, 11) is 1.80. The van der Waals surface area contributed by atoms with Gasteiger partial charge in [-0.15, -0.1) is 24.0 Å². The zero-order chi connectivity index (χ0) is 17.0. The topological polar surface area (TPSA) is 46.1 Å². The van der Waals surface area contributed by atoms with E-state index in [4.69, 9.17) is 9.47 Å². The lowest BCUT2D eigenvalue weighted by molar-refractivity contribution is 0.156. The third kappa shape index (κ3) is 5.20. The van der Waals surface area contributed by atoms with E-state index in [-0.39, 0.29) is 35.9 Å². The maximum atomic E-state index is 13.2. The number of nitrogens with zero attached hydrogens (tertiary/aromatic N) is 2. The van der Waals surface area contributed by atoms with Crippen LogP contribution in [0.15, 0.2) is 29.3 Å². The third-order valence-electron chi connectivity index (χ3n) is 4.82. The van der Waals surface area contributed by atoms with Crippen LogP contribution < -0.4 is 10.1 Å². The molecule has 0 amide bonds. The number of likely N-dealkylation sites (tertiary alicyclic amines) is 1. The summed E-state index contributed by atoms with van der Waals surface area (Å²) in [5, 5.41) is 3.37. The van der Waals surface area contributed by atoms with Gasteiger partial charge in [-0.1, -0.05) is 6.07 Å². The van der Waals surface area contributed by atoms with Gasteiger partial charge in [0, 0.05) is 38.2 Å². The fraction of sp³-hybridized carbons (Fsp3) is 0.611. The Bertz CT molecular complexity index is 593. The van der Waals surface area contributed by atoms with Gasteiger partial charge < -0.3 is 19.7 Å². The molecule has 1 N–H and O–H groups in total. The summed E-state index contributed by atoms with van der Waals surface area (Å²) in [4.78, 5) is 6.69. The summed E-state index contributed by atoms with van der Waals surface area (Å²) < 4.78 is 24.5. The Morgan fingerprint density at radius 3 is 3.00 bits per heavy atom. The largest absolute Gasteiger partial charge is 0.489 e. The Kier molecular flexibility index (Phi) is 7.30. The predicted molar refractivity (Wildman–Crippen MR) is 107 cm³/mol. The number of halogens is 2. The highest BCUT2D eigenvalue weighted by Crippen LogP contribution is 2.38. The van der Waals surface area contributed by atoms with Crippen LogP contribution in [0.5, 0.6) is 5.75 Å². The fourth-order valence-corrected chi connectivity index (χ4v) is 3.47. The fourth-order valence-electron chi connectivity index (χ4n) is 3.47. The lowest BCUT2D eigenvalue weighted by Crippen LogP contribution is -2.44. The minimum Gasteiger partial charge on any atom is -0.489 e. The summed E-state index contributed by atoms with van der Waals surface area (Å²) in [6.07, 6.45) is 2.21. The summed E-state index contributed by atoms with van der Waals surface area (Å²) in [5.74, 6) is 1.15. The van der Waals surface area contributed by atoms with Gasteiger partial charge in [0.2, 0.25) is 0 Å². The summed E-state index contributed by atoms with van der Waals surface area (Å²) >= 11 is 0. The highest BCUT2D eigenvalue weighted by atomic mass is 127. The van der Waals surface area contributed by atoms with Gasteiger partial charge in [0.25, 0.3) is 0 Å². The molecular formula is C18H27FIN3O2. The van der Waals surface area contributed by atoms with Crippen molar-refractivity contribution in [3.63, 3.8) is 0 Å². The van der Waals surface area contributed by atoms with Gasteiger partial charge in [0.15, 0.2) is 5.96 Å². The van der Waals surface area contributed by atoms with Crippen LogP contribution in [0.1, 0.15) is 19.8 Å². The number of nitrogens with one attached hydrogen (secondary N) is 1. The van der Waals surface area contributed by atoms with Crippen LogP contribution >= 0.6 is 24.0 Å². The van der Waals surface area contributed by atoms with E-state index >= 15 is 0 Å². The van der Waals surface area contributed by atoms with Crippen molar-refractivity contribution in [2.45, 2.75) is 25.9 Å². The van der Waals surface area contributed by atoms with E-state index in [0.717, 1.165) is 45.1 Å². The van der Waals surface area contributed by atoms with Crippen molar-refractivity contribution in [1.82, 2.24) is 10.2 Å². The molecule has 0 radical (unpaired) electrons. The molecule has 25 heavy (non-hydrogen) atoms. The van der Waals surface area contributed by atoms with E-state index in [0.29, 0.717) is 17.7 Å². The second kappa shape index (κ2) is 9.02. The maximum Gasteiger partial charge on any atom is 0.193 e. The normalized spacial score (nSPS) is 24.3. The zero-order valence-corrected chi connectivity index (χ0v) is 17.2. The minimum absolute atomic E-state index is 0. The molecule has 2 aliphatic rings. The van der Waals surface area contributed by atoms with Gasteiger partial charge in [-0.3, -0.25) is 4.99 Å². The Morgan fingerprint density at radius 2 is 2.32 bits per heavy atom. The number of benzene rings is 1. The van der Waals surface area contributed by atoms with Crippen molar-refractivity contribution in [2.75, 3.05) is 39.9 Å². The number of ether oxygens (including phenoxy) is 2. The molecule has 2 aliphatic heterocycles. The second-order valence-electron chi connectivity index (χ2n) is 6.79. The van der Waals surface area contributed by atoms with E-state index in [1.165, 1.54) is 12.1 Å². The first kappa shape index (κ1) is 20.2. The highest BCUT2D eigenvalue weighted by Gasteiger charge is 2.42. The molecule has 2 atom stereocenters. The molecule has 2 unspecified atom stereocenters. The van der Waals surface area contributed by atoms with Crippen molar-refractivity contribution < 1.29 is 13.9 Å². The lowest BCUT2D eigenvalue weighted by Gasteiger charge is -2.26. The minimum atomic E-state index is -0.287. The average Bonchev–Trinajstić information content (AvgIpc) is 3.19. The Balaban J connectivity index is 0.00000225. The molecule has 2 heterocycles. The first-order valence-corrected chi connectivity index (χ1v) is 8.56. The molecule has 2 saturated heterocycles. The molecule has 3 rings (SSSR count). The lowest BCUT2D eigenvalue weighted by atomic mass is 9.87. The van der Waals surface area contributed by atoms with Crippen LogP contribution in [0.2, 0.25) is 0 Å². The Hall–Kier alpha value is -1.09. The number of hydrogen-bond donors (Lipinski definition) is 1. The number of aliphatic imine (C=N–C) groups is 1.